The molecule has 6 rings (SSSR count). The normalized spacial score (nSPS) is 19.8. The Balaban J connectivity index is 1.45. The molecule has 2 aliphatic rings. The fourth-order valence-electron chi connectivity index (χ4n) is 5.82. The number of carbonyl (C=O) groups excluding carboxylic acids is 3. The summed E-state index contributed by atoms with van der Waals surface area (Å²) < 4.78 is 43.3. The summed E-state index contributed by atoms with van der Waals surface area (Å²) in [6.07, 6.45) is -4.80. The monoisotopic (exact) mass is 651 g/mol. The Morgan fingerprint density at radius 1 is 0.867 bits per heavy atom. The van der Waals surface area contributed by atoms with E-state index < -0.39 is 57.1 Å². The lowest BCUT2D eigenvalue weighted by atomic mass is 9.81. The standard InChI is InChI=1S/C33H28F3N3O4S2/c1-32(2,3)19-15-13-18(14-16-19)24-25-26(29(42)39(28(25)41)22-12-8-7-11-21(22)33(34,35)36)44-30-27(24)45-31(43)38(30)17-23(40)37-20-9-5-4-6-10-20/h4-16,24-26H,17H2,1-3H3,(H,37,40). The van der Waals surface area contributed by atoms with Crippen molar-refractivity contribution in [3.05, 3.63) is 110 Å². The minimum atomic E-state index is -4.80. The van der Waals surface area contributed by atoms with E-state index in [-0.39, 0.29) is 12.0 Å². The second-order valence-electron chi connectivity index (χ2n) is 12.0. The summed E-state index contributed by atoms with van der Waals surface area (Å²) in [6.45, 7) is 5.81. The third-order valence-corrected chi connectivity index (χ3v) is 10.6. The van der Waals surface area contributed by atoms with Gasteiger partial charge in [0.05, 0.1) is 22.2 Å². The first-order valence-electron chi connectivity index (χ1n) is 14.2. The van der Waals surface area contributed by atoms with Crippen LogP contribution in [0.2, 0.25) is 0 Å². The maximum atomic E-state index is 14.1. The van der Waals surface area contributed by atoms with Gasteiger partial charge in [0.15, 0.2) is 0 Å². The van der Waals surface area contributed by atoms with Crippen LogP contribution in [-0.2, 0) is 32.5 Å². The number of nitrogens with one attached hydrogen (secondary N) is 1. The van der Waals surface area contributed by atoms with Gasteiger partial charge in [-0.3, -0.25) is 23.7 Å². The highest BCUT2D eigenvalue weighted by molar-refractivity contribution is 8.00. The van der Waals surface area contributed by atoms with Crippen LogP contribution >= 0.6 is 23.1 Å². The summed E-state index contributed by atoms with van der Waals surface area (Å²) in [4.78, 5) is 55.1. The smallest absolute Gasteiger partial charge is 0.325 e. The maximum Gasteiger partial charge on any atom is 0.418 e. The van der Waals surface area contributed by atoms with Crippen LogP contribution in [-0.4, -0.2) is 27.5 Å². The summed E-state index contributed by atoms with van der Waals surface area (Å²) in [5, 5.41) is 1.99. The first-order valence-corrected chi connectivity index (χ1v) is 15.8. The highest BCUT2D eigenvalue weighted by Crippen LogP contribution is 2.54. The number of hydrogen-bond donors (Lipinski definition) is 1. The number of halogens is 3. The number of thioether (sulfide) groups is 1. The zero-order valence-electron chi connectivity index (χ0n) is 24.4. The van der Waals surface area contributed by atoms with E-state index in [2.05, 4.69) is 26.1 Å². The largest absolute Gasteiger partial charge is 0.418 e. The number of carbonyl (C=O) groups is 3. The molecule has 232 valence electrons. The third kappa shape index (κ3) is 5.61. The molecule has 3 amide bonds. The van der Waals surface area contributed by atoms with Crippen molar-refractivity contribution >= 4 is 52.2 Å². The molecule has 1 fully saturated rings. The number of para-hydroxylation sites is 2. The van der Waals surface area contributed by atoms with Gasteiger partial charge in [-0.1, -0.05) is 98.5 Å². The highest BCUT2D eigenvalue weighted by Gasteiger charge is 2.57. The topological polar surface area (TPSA) is 88.5 Å². The molecule has 2 aliphatic heterocycles. The number of thiazole rings is 1. The molecule has 3 unspecified atom stereocenters. The average Bonchev–Trinajstić information content (AvgIpc) is 3.43. The second-order valence-corrected chi connectivity index (χ2v) is 14.1. The summed E-state index contributed by atoms with van der Waals surface area (Å²) in [5.41, 5.74) is 0.414. The van der Waals surface area contributed by atoms with Crippen LogP contribution in [0.15, 0.2) is 88.7 Å². The molecule has 7 nitrogen and oxygen atoms in total. The van der Waals surface area contributed by atoms with Crippen molar-refractivity contribution in [1.82, 2.24) is 4.57 Å². The van der Waals surface area contributed by atoms with E-state index in [1.54, 1.807) is 30.3 Å². The lowest BCUT2D eigenvalue weighted by Crippen LogP contribution is -2.33. The lowest BCUT2D eigenvalue weighted by Gasteiger charge is -2.31. The number of amides is 3. The van der Waals surface area contributed by atoms with E-state index >= 15 is 0 Å². The third-order valence-electron chi connectivity index (χ3n) is 7.99. The Kier molecular flexibility index (Phi) is 7.77. The van der Waals surface area contributed by atoms with Crippen LogP contribution in [0.1, 0.15) is 48.3 Å². The van der Waals surface area contributed by atoms with E-state index in [0.29, 0.717) is 26.1 Å². The minimum absolute atomic E-state index is 0.174. The second kappa shape index (κ2) is 11.3. The molecule has 1 N–H and O–H groups in total. The van der Waals surface area contributed by atoms with Crippen LogP contribution in [0.4, 0.5) is 24.5 Å². The Bertz CT molecular complexity index is 1860. The molecular weight excluding hydrogens is 624 g/mol. The quantitative estimate of drug-likeness (QED) is 0.244. The van der Waals surface area contributed by atoms with Crippen LogP contribution < -0.4 is 15.1 Å². The number of anilines is 2. The van der Waals surface area contributed by atoms with E-state index in [4.69, 9.17) is 0 Å². The molecule has 1 aromatic heterocycles. The van der Waals surface area contributed by atoms with Gasteiger partial charge < -0.3 is 5.32 Å². The molecule has 1 saturated heterocycles. The van der Waals surface area contributed by atoms with Crippen molar-refractivity contribution in [2.45, 2.75) is 55.1 Å². The van der Waals surface area contributed by atoms with Crippen LogP contribution in [0.3, 0.4) is 0 Å². The lowest BCUT2D eigenvalue weighted by molar-refractivity contribution is -0.137. The number of nitrogens with zero attached hydrogens (tertiary/aromatic N) is 2. The fourth-order valence-corrected chi connectivity index (χ4v) is 8.59. The van der Waals surface area contributed by atoms with Gasteiger partial charge >= 0.3 is 11.0 Å². The molecule has 0 bridgehead atoms. The fraction of sp³-hybridized carbons (Fsp3) is 0.273. The van der Waals surface area contributed by atoms with E-state index in [9.17, 15) is 32.3 Å². The summed E-state index contributed by atoms with van der Waals surface area (Å²) in [5.74, 6) is -3.89. The van der Waals surface area contributed by atoms with Crippen molar-refractivity contribution in [2.75, 3.05) is 10.2 Å². The SMILES string of the molecule is CC(C)(C)c1ccc(C2c3sc(=O)n(CC(=O)Nc4ccccc4)c3SC3C(=O)N(c4ccccc4C(F)(F)F)C(=O)C32)cc1. The number of imide groups is 1. The molecule has 0 radical (unpaired) electrons. The van der Waals surface area contributed by atoms with Crippen molar-refractivity contribution in [1.29, 1.82) is 0 Å². The number of hydrogen-bond acceptors (Lipinski definition) is 6. The Hall–Kier alpha value is -4.16. The van der Waals surface area contributed by atoms with Gasteiger partial charge in [0, 0.05) is 16.5 Å². The molecule has 0 saturated carbocycles. The maximum absolute atomic E-state index is 14.1. The minimum Gasteiger partial charge on any atom is -0.325 e. The van der Waals surface area contributed by atoms with Gasteiger partial charge in [-0.2, -0.15) is 13.2 Å². The molecule has 3 aromatic carbocycles. The number of fused-ring (bicyclic) bond motifs is 2. The van der Waals surface area contributed by atoms with Crippen molar-refractivity contribution < 1.29 is 27.6 Å². The van der Waals surface area contributed by atoms with Gasteiger partial charge in [-0.15, -0.1) is 0 Å². The molecule has 4 aromatic rings. The zero-order chi connectivity index (χ0) is 32.3. The molecule has 3 atom stereocenters. The Morgan fingerprint density at radius 3 is 2.16 bits per heavy atom. The van der Waals surface area contributed by atoms with Gasteiger partial charge in [0.25, 0.3) is 0 Å². The number of rotatable bonds is 5. The molecule has 45 heavy (non-hydrogen) atoms. The summed E-state index contributed by atoms with van der Waals surface area (Å²) in [7, 11) is 0. The van der Waals surface area contributed by atoms with Crippen LogP contribution in [0, 0.1) is 5.92 Å². The van der Waals surface area contributed by atoms with E-state index in [1.165, 1.54) is 16.7 Å². The van der Waals surface area contributed by atoms with Gasteiger partial charge in [-0.05, 0) is 40.8 Å². The summed E-state index contributed by atoms with van der Waals surface area (Å²) >= 11 is 1.83. The molecular formula is C33H28F3N3O4S2. The molecule has 3 heterocycles. The average molecular weight is 652 g/mol. The van der Waals surface area contributed by atoms with Crippen molar-refractivity contribution in [3.8, 4) is 0 Å². The first-order chi connectivity index (χ1) is 21.3. The highest BCUT2D eigenvalue weighted by atomic mass is 32.2. The molecule has 0 spiro atoms. The summed E-state index contributed by atoms with van der Waals surface area (Å²) in [6, 6.07) is 20.7. The van der Waals surface area contributed by atoms with Gasteiger partial charge in [0.1, 0.15) is 11.8 Å². The predicted molar refractivity (Wildman–Crippen MR) is 168 cm³/mol. The van der Waals surface area contributed by atoms with Crippen molar-refractivity contribution in [2.24, 2.45) is 5.92 Å². The first kappa shape index (κ1) is 30.8. The molecule has 12 heteroatoms. The van der Waals surface area contributed by atoms with E-state index in [0.717, 1.165) is 40.8 Å². The number of aromatic nitrogens is 1. The van der Waals surface area contributed by atoms with E-state index in [1.807, 2.05) is 24.3 Å². The Labute approximate surface area is 265 Å². The zero-order valence-corrected chi connectivity index (χ0v) is 26.1. The van der Waals surface area contributed by atoms with Crippen LogP contribution in [0.5, 0.6) is 0 Å². The van der Waals surface area contributed by atoms with Gasteiger partial charge in [0.2, 0.25) is 17.7 Å². The molecule has 0 aliphatic carbocycles. The van der Waals surface area contributed by atoms with Crippen LogP contribution in [0.25, 0.3) is 0 Å². The number of alkyl halides is 3. The predicted octanol–water partition coefficient (Wildman–Crippen LogP) is 6.66. The van der Waals surface area contributed by atoms with Crippen molar-refractivity contribution in [3.63, 3.8) is 0 Å². The Morgan fingerprint density at radius 2 is 1.51 bits per heavy atom. The van der Waals surface area contributed by atoms with Gasteiger partial charge in [-0.25, -0.2) is 4.90 Å². The number of benzene rings is 3.